The average Bonchev–Trinajstić information content (AvgIpc) is 2.88. The third-order valence-electron chi connectivity index (χ3n) is 6.52. The molecule has 0 saturated carbocycles. The largest absolute Gasteiger partial charge is 0.493 e. The zero-order valence-corrected chi connectivity index (χ0v) is 21.0. The van der Waals surface area contributed by atoms with Crippen molar-refractivity contribution >= 4 is 24.2 Å². The Morgan fingerprint density at radius 2 is 1.86 bits per heavy atom. The number of nitrogens with zero attached hydrogens (tertiary/aromatic N) is 1. The lowest BCUT2D eigenvalue weighted by Gasteiger charge is -2.30. The summed E-state index contributed by atoms with van der Waals surface area (Å²) in [4.78, 5) is 27.8. The summed E-state index contributed by atoms with van der Waals surface area (Å²) >= 11 is 0. The number of nitrogens with one attached hydrogen (secondary N) is 2. The first-order valence-electron chi connectivity index (χ1n) is 11.9. The fourth-order valence-electron chi connectivity index (χ4n) is 4.56. The van der Waals surface area contributed by atoms with Gasteiger partial charge in [-0.3, -0.25) is 9.59 Å². The number of rotatable bonds is 7. The molecule has 1 fully saturated rings. The van der Waals surface area contributed by atoms with E-state index in [1.165, 1.54) is 11.1 Å². The van der Waals surface area contributed by atoms with Crippen LogP contribution in [0.1, 0.15) is 44.3 Å². The van der Waals surface area contributed by atoms with Crippen LogP contribution in [0.5, 0.6) is 5.75 Å². The molecule has 0 bridgehead atoms. The summed E-state index contributed by atoms with van der Waals surface area (Å²) in [5.41, 5.74) is 3.96. The maximum absolute atomic E-state index is 13.0. The van der Waals surface area contributed by atoms with E-state index in [0.29, 0.717) is 68.3 Å². The number of benzene rings is 2. The van der Waals surface area contributed by atoms with Gasteiger partial charge in [-0.15, -0.1) is 12.4 Å². The zero-order chi connectivity index (χ0) is 24.1. The molecular weight excluding hydrogens is 470 g/mol. The molecule has 35 heavy (non-hydrogen) atoms. The quantitative estimate of drug-likeness (QED) is 0.535. The minimum Gasteiger partial charge on any atom is -0.493 e. The molecule has 2 aliphatic rings. The highest BCUT2D eigenvalue weighted by Gasteiger charge is 2.27. The van der Waals surface area contributed by atoms with Crippen molar-refractivity contribution in [2.75, 3.05) is 39.5 Å². The highest BCUT2D eigenvalue weighted by atomic mass is 35.5. The lowest BCUT2D eigenvalue weighted by atomic mass is 9.93. The van der Waals surface area contributed by atoms with Crippen LogP contribution in [0.3, 0.4) is 0 Å². The van der Waals surface area contributed by atoms with Gasteiger partial charge in [0.05, 0.1) is 31.5 Å². The van der Waals surface area contributed by atoms with Crippen molar-refractivity contribution in [3.05, 3.63) is 64.2 Å². The van der Waals surface area contributed by atoms with Gasteiger partial charge in [-0.2, -0.15) is 0 Å². The number of aliphatic hydroxyl groups excluding tert-OH is 1. The second-order valence-electron chi connectivity index (χ2n) is 8.69. The molecule has 0 aliphatic carbocycles. The highest BCUT2D eigenvalue weighted by molar-refractivity contribution is 6.01. The molecule has 2 atom stereocenters. The predicted octanol–water partition coefficient (Wildman–Crippen LogP) is 2.09. The van der Waals surface area contributed by atoms with Crippen LogP contribution in [0.15, 0.2) is 36.4 Å². The van der Waals surface area contributed by atoms with Crippen LogP contribution in [0, 0.1) is 6.92 Å². The summed E-state index contributed by atoms with van der Waals surface area (Å²) in [7, 11) is 0. The molecule has 9 heteroatoms. The Labute approximate surface area is 212 Å². The molecular formula is C26H34ClN3O5. The third kappa shape index (κ3) is 6.13. The fraction of sp³-hybridized carbons (Fsp3) is 0.462. The Bertz CT molecular complexity index is 1040. The molecule has 2 amide bonds. The molecule has 3 N–H and O–H groups in total. The van der Waals surface area contributed by atoms with Gasteiger partial charge in [-0.1, -0.05) is 24.3 Å². The fourth-order valence-corrected chi connectivity index (χ4v) is 4.56. The molecule has 0 aromatic heterocycles. The van der Waals surface area contributed by atoms with E-state index >= 15 is 0 Å². The van der Waals surface area contributed by atoms with E-state index in [1.807, 2.05) is 19.1 Å². The first kappa shape index (κ1) is 26.9. The molecule has 4 rings (SSSR count). The van der Waals surface area contributed by atoms with E-state index in [0.717, 1.165) is 0 Å². The lowest BCUT2D eigenvalue weighted by Crippen LogP contribution is -2.49. The van der Waals surface area contributed by atoms with Gasteiger partial charge in [0.2, 0.25) is 0 Å². The predicted molar refractivity (Wildman–Crippen MR) is 135 cm³/mol. The number of aliphatic hydroxyl groups is 1. The molecule has 0 radical (unpaired) electrons. The summed E-state index contributed by atoms with van der Waals surface area (Å²) in [5.74, 6) is -0.0294. The summed E-state index contributed by atoms with van der Waals surface area (Å²) in [5, 5.41) is 16.9. The van der Waals surface area contributed by atoms with E-state index in [4.69, 9.17) is 9.47 Å². The molecule has 1 saturated heterocycles. The van der Waals surface area contributed by atoms with Gasteiger partial charge < -0.3 is 30.1 Å². The van der Waals surface area contributed by atoms with Crippen LogP contribution in [0.4, 0.5) is 0 Å². The maximum Gasteiger partial charge on any atom is 0.255 e. The Hall–Kier alpha value is -2.65. The molecule has 8 nitrogen and oxygen atoms in total. The summed E-state index contributed by atoms with van der Waals surface area (Å²) in [6.07, 6.45) is -0.0365. The molecule has 2 aromatic carbocycles. The molecule has 0 spiro atoms. The first-order valence-corrected chi connectivity index (χ1v) is 11.9. The zero-order valence-electron chi connectivity index (χ0n) is 20.2. The van der Waals surface area contributed by atoms with Crippen molar-refractivity contribution in [3.63, 3.8) is 0 Å². The van der Waals surface area contributed by atoms with Gasteiger partial charge >= 0.3 is 0 Å². The van der Waals surface area contributed by atoms with Crippen molar-refractivity contribution < 1.29 is 24.2 Å². The number of fused-ring (bicyclic) bond motifs is 1. The van der Waals surface area contributed by atoms with Crippen LogP contribution in [0.2, 0.25) is 0 Å². The lowest BCUT2D eigenvalue weighted by molar-refractivity contribution is 0.0302. The molecule has 2 aromatic rings. The number of hydrogen-bond donors (Lipinski definition) is 3. The minimum atomic E-state index is -0.740. The standard InChI is InChI=1S/C26H33N3O5.ClH/c1-3-34-24-17(2)20(26(32)29-10-12-33-13-11-29)8-9-21(24)25(31)28-16-23(30)22-14-18-6-4-5-7-19(18)15-27-22;/h4-9,22-23,27,30H,3,10-16H2,1-2H3,(H,28,31);1H/t22-,23+;/m0./s1. The molecule has 2 aliphatic heterocycles. The maximum atomic E-state index is 13.0. The SMILES string of the molecule is CCOc1c(C(=O)NC[C@@H](O)[C@@H]2Cc3ccccc3CN2)ccc(C(=O)N2CCOCC2)c1C.Cl. The van der Waals surface area contributed by atoms with Crippen molar-refractivity contribution in [2.24, 2.45) is 0 Å². The molecule has 190 valence electrons. The highest BCUT2D eigenvalue weighted by Crippen LogP contribution is 2.28. The Balaban J connectivity index is 0.00000342. The second kappa shape index (κ2) is 12.4. The molecule has 2 heterocycles. The van der Waals surface area contributed by atoms with E-state index in [2.05, 4.69) is 22.8 Å². The van der Waals surface area contributed by atoms with E-state index in [-0.39, 0.29) is 36.8 Å². The summed E-state index contributed by atoms with van der Waals surface area (Å²) < 4.78 is 11.1. The van der Waals surface area contributed by atoms with Crippen LogP contribution in [-0.2, 0) is 17.7 Å². The third-order valence-corrected chi connectivity index (χ3v) is 6.52. The second-order valence-corrected chi connectivity index (χ2v) is 8.69. The van der Waals surface area contributed by atoms with Gasteiger partial charge in [0.25, 0.3) is 11.8 Å². The van der Waals surface area contributed by atoms with Gasteiger partial charge in [0.15, 0.2) is 0 Å². The van der Waals surface area contributed by atoms with Crippen molar-refractivity contribution in [2.45, 2.75) is 39.0 Å². The van der Waals surface area contributed by atoms with E-state index in [1.54, 1.807) is 24.0 Å². The van der Waals surface area contributed by atoms with Gasteiger partial charge in [-0.25, -0.2) is 0 Å². The number of morpholine rings is 1. The number of amides is 2. The smallest absolute Gasteiger partial charge is 0.255 e. The van der Waals surface area contributed by atoms with Crippen molar-refractivity contribution in [1.82, 2.24) is 15.5 Å². The number of halogens is 1. The van der Waals surface area contributed by atoms with Gasteiger partial charge in [0.1, 0.15) is 5.75 Å². The van der Waals surface area contributed by atoms with Gasteiger partial charge in [0, 0.05) is 43.3 Å². The van der Waals surface area contributed by atoms with Crippen molar-refractivity contribution in [1.29, 1.82) is 0 Å². The van der Waals surface area contributed by atoms with E-state index < -0.39 is 6.10 Å². The van der Waals surface area contributed by atoms with Crippen LogP contribution in [0.25, 0.3) is 0 Å². The van der Waals surface area contributed by atoms with Crippen molar-refractivity contribution in [3.8, 4) is 5.75 Å². The minimum absolute atomic E-state index is 0. The Morgan fingerprint density at radius 1 is 1.17 bits per heavy atom. The monoisotopic (exact) mass is 503 g/mol. The first-order chi connectivity index (χ1) is 16.5. The Kier molecular flexibility index (Phi) is 9.51. The molecule has 0 unspecified atom stereocenters. The van der Waals surface area contributed by atoms with Crippen LogP contribution in [-0.4, -0.2) is 73.4 Å². The van der Waals surface area contributed by atoms with Crippen LogP contribution < -0.4 is 15.4 Å². The van der Waals surface area contributed by atoms with Crippen LogP contribution >= 0.6 is 12.4 Å². The number of ether oxygens (including phenoxy) is 2. The average molecular weight is 504 g/mol. The number of carbonyl (C=O) groups excluding carboxylic acids is 2. The van der Waals surface area contributed by atoms with E-state index in [9.17, 15) is 14.7 Å². The summed E-state index contributed by atoms with van der Waals surface area (Å²) in [6, 6.07) is 11.3. The van der Waals surface area contributed by atoms with Gasteiger partial charge in [-0.05, 0) is 43.5 Å². The number of carbonyl (C=O) groups is 2. The topological polar surface area (TPSA) is 100 Å². The normalized spacial score (nSPS) is 18.1. The summed E-state index contributed by atoms with van der Waals surface area (Å²) in [6.45, 7) is 6.94. The number of hydrogen-bond acceptors (Lipinski definition) is 6. The Morgan fingerprint density at radius 3 is 2.57 bits per heavy atom.